The van der Waals surface area contributed by atoms with E-state index in [9.17, 15) is 4.79 Å². The molecule has 1 fully saturated rings. The van der Waals surface area contributed by atoms with E-state index in [-0.39, 0.29) is 5.91 Å². The zero-order valence-electron chi connectivity index (χ0n) is 24.3. The Morgan fingerprint density at radius 3 is 2.33 bits per heavy atom. The molecule has 216 valence electrons. The molecule has 3 aromatic carbocycles. The van der Waals surface area contributed by atoms with Crippen LogP contribution >= 0.6 is 11.3 Å². The SMILES string of the molecule is Cc1ccc(CN2CCN(c3ccc(N(Cc4cncn4Cc4ccc(C#N)cc4)C(=O)c4ccccc4)cc3)CC2)s1. The highest BCUT2D eigenvalue weighted by Gasteiger charge is 2.22. The van der Waals surface area contributed by atoms with Gasteiger partial charge in [0.25, 0.3) is 5.91 Å². The fraction of sp³-hybridized carbons (Fsp3) is 0.229. The second-order valence-electron chi connectivity index (χ2n) is 10.9. The van der Waals surface area contributed by atoms with Gasteiger partial charge in [0.05, 0.1) is 30.2 Å². The van der Waals surface area contributed by atoms with Crippen LogP contribution in [0.25, 0.3) is 0 Å². The lowest BCUT2D eigenvalue weighted by molar-refractivity contribution is 0.0984. The summed E-state index contributed by atoms with van der Waals surface area (Å²) in [5.41, 5.74) is 5.28. The average molecular weight is 587 g/mol. The van der Waals surface area contributed by atoms with E-state index in [1.165, 1.54) is 15.4 Å². The van der Waals surface area contributed by atoms with E-state index in [4.69, 9.17) is 5.26 Å². The molecule has 1 aliphatic rings. The lowest BCUT2D eigenvalue weighted by Crippen LogP contribution is -2.45. The van der Waals surface area contributed by atoms with Gasteiger partial charge < -0.3 is 14.4 Å². The molecule has 0 bridgehead atoms. The van der Waals surface area contributed by atoms with Gasteiger partial charge in [-0.1, -0.05) is 30.3 Å². The average Bonchev–Trinajstić information content (AvgIpc) is 3.68. The first-order valence-corrected chi connectivity index (χ1v) is 15.3. The van der Waals surface area contributed by atoms with Crippen molar-refractivity contribution < 1.29 is 4.79 Å². The molecule has 1 saturated heterocycles. The zero-order valence-corrected chi connectivity index (χ0v) is 25.1. The van der Waals surface area contributed by atoms with Gasteiger partial charge in [-0.2, -0.15) is 5.26 Å². The van der Waals surface area contributed by atoms with Crippen molar-refractivity contribution in [3.63, 3.8) is 0 Å². The molecule has 3 heterocycles. The predicted octanol–water partition coefficient (Wildman–Crippen LogP) is 6.34. The molecular weight excluding hydrogens is 552 g/mol. The maximum Gasteiger partial charge on any atom is 0.258 e. The number of hydrogen-bond donors (Lipinski definition) is 0. The first-order chi connectivity index (χ1) is 21.1. The molecule has 5 aromatic rings. The van der Waals surface area contributed by atoms with E-state index in [2.05, 4.69) is 68.7 Å². The minimum absolute atomic E-state index is 0.0584. The molecule has 2 aromatic heterocycles. The van der Waals surface area contributed by atoms with Gasteiger partial charge in [0.2, 0.25) is 0 Å². The second-order valence-corrected chi connectivity index (χ2v) is 12.2. The van der Waals surface area contributed by atoms with Crippen molar-refractivity contribution in [3.8, 4) is 6.07 Å². The molecule has 0 spiro atoms. The van der Waals surface area contributed by atoms with Gasteiger partial charge in [0, 0.05) is 72.2 Å². The minimum Gasteiger partial charge on any atom is -0.369 e. The summed E-state index contributed by atoms with van der Waals surface area (Å²) in [6.45, 7) is 8.17. The van der Waals surface area contributed by atoms with Crippen LogP contribution in [0, 0.1) is 18.3 Å². The van der Waals surface area contributed by atoms with Crippen LogP contribution in [0.2, 0.25) is 0 Å². The number of thiophene rings is 1. The Morgan fingerprint density at radius 1 is 0.907 bits per heavy atom. The highest BCUT2D eigenvalue weighted by molar-refractivity contribution is 7.11. The van der Waals surface area contributed by atoms with Crippen molar-refractivity contribution >= 4 is 28.6 Å². The predicted molar refractivity (Wildman–Crippen MR) is 172 cm³/mol. The van der Waals surface area contributed by atoms with E-state index >= 15 is 0 Å². The van der Waals surface area contributed by atoms with Crippen LogP contribution in [0.15, 0.2) is 104 Å². The number of aryl methyl sites for hydroxylation is 1. The van der Waals surface area contributed by atoms with Gasteiger partial charge in [-0.05, 0) is 73.2 Å². The van der Waals surface area contributed by atoms with Crippen molar-refractivity contribution in [3.05, 3.63) is 136 Å². The summed E-state index contributed by atoms with van der Waals surface area (Å²) in [4.78, 5) is 27.8. The zero-order chi connectivity index (χ0) is 29.6. The van der Waals surface area contributed by atoms with Crippen molar-refractivity contribution in [1.29, 1.82) is 5.26 Å². The van der Waals surface area contributed by atoms with Crippen LogP contribution in [0.1, 0.15) is 36.9 Å². The Bertz CT molecular complexity index is 1690. The molecule has 0 unspecified atom stereocenters. The number of rotatable bonds is 9. The van der Waals surface area contributed by atoms with Crippen molar-refractivity contribution in [2.75, 3.05) is 36.0 Å². The van der Waals surface area contributed by atoms with Crippen molar-refractivity contribution in [1.82, 2.24) is 14.5 Å². The number of amides is 1. The largest absolute Gasteiger partial charge is 0.369 e. The van der Waals surface area contributed by atoms with Crippen LogP contribution in [0.5, 0.6) is 0 Å². The van der Waals surface area contributed by atoms with E-state index in [1.807, 2.05) is 77.0 Å². The van der Waals surface area contributed by atoms with Gasteiger partial charge in [-0.15, -0.1) is 11.3 Å². The lowest BCUT2D eigenvalue weighted by atomic mass is 10.1. The Labute approximate surface area is 256 Å². The van der Waals surface area contributed by atoms with Crippen molar-refractivity contribution in [2.24, 2.45) is 0 Å². The fourth-order valence-electron chi connectivity index (χ4n) is 5.48. The standard InChI is InChI=1S/C35H34N6OS/c1-27-7-16-34(43-27)25-38-17-19-39(20-18-38)31-12-14-32(15-13-31)41(35(42)30-5-3-2-4-6-30)24-33-22-37-26-40(33)23-29-10-8-28(21-36)9-11-29/h2-16,22,26H,17-20,23-25H2,1H3. The monoisotopic (exact) mass is 586 g/mol. The van der Waals surface area contributed by atoms with Crippen LogP contribution in [-0.4, -0.2) is 46.5 Å². The number of carbonyl (C=O) groups excluding carboxylic acids is 1. The van der Waals surface area contributed by atoms with E-state index in [0.29, 0.717) is 24.2 Å². The number of nitriles is 1. The lowest BCUT2D eigenvalue weighted by Gasteiger charge is -2.36. The van der Waals surface area contributed by atoms with Gasteiger partial charge in [0.15, 0.2) is 0 Å². The smallest absolute Gasteiger partial charge is 0.258 e. The minimum atomic E-state index is -0.0584. The number of nitrogens with zero attached hydrogens (tertiary/aromatic N) is 6. The third-order valence-electron chi connectivity index (χ3n) is 7.89. The summed E-state index contributed by atoms with van der Waals surface area (Å²) in [6.07, 6.45) is 3.61. The second kappa shape index (κ2) is 13.1. The molecule has 1 aliphatic heterocycles. The Morgan fingerprint density at radius 2 is 1.65 bits per heavy atom. The summed E-state index contributed by atoms with van der Waals surface area (Å²) in [5, 5.41) is 9.13. The molecule has 0 saturated carbocycles. The molecule has 0 aliphatic carbocycles. The normalized spacial score (nSPS) is 13.5. The number of piperazine rings is 1. The van der Waals surface area contributed by atoms with Gasteiger partial charge in [-0.3, -0.25) is 9.69 Å². The maximum atomic E-state index is 13.8. The molecule has 8 heteroatoms. The Kier molecular flexibility index (Phi) is 8.64. The number of carbonyl (C=O) groups is 1. The van der Waals surface area contributed by atoms with E-state index in [0.717, 1.165) is 49.7 Å². The van der Waals surface area contributed by atoms with Gasteiger partial charge in [-0.25, -0.2) is 4.98 Å². The molecule has 0 radical (unpaired) electrons. The summed E-state index contributed by atoms with van der Waals surface area (Å²) in [6, 6.07) is 32.0. The maximum absolute atomic E-state index is 13.8. The topological polar surface area (TPSA) is 68.4 Å². The van der Waals surface area contributed by atoms with Gasteiger partial charge >= 0.3 is 0 Å². The highest BCUT2D eigenvalue weighted by atomic mass is 32.1. The molecule has 1 amide bonds. The third kappa shape index (κ3) is 6.86. The third-order valence-corrected chi connectivity index (χ3v) is 8.88. The van der Waals surface area contributed by atoms with E-state index in [1.54, 1.807) is 6.33 Å². The van der Waals surface area contributed by atoms with Gasteiger partial charge in [0.1, 0.15) is 0 Å². The fourth-order valence-corrected chi connectivity index (χ4v) is 6.41. The first-order valence-electron chi connectivity index (χ1n) is 14.5. The number of benzene rings is 3. The quantitative estimate of drug-likeness (QED) is 0.202. The van der Waals surface area contributed by atoms with E-state index < -0.39 is 0 Å². The summed E-state index contributed by atoms with van der Waals surface area (Å²) < 4.78 is 2.05. The summed E-state index contributed by atoms with van der Waals surface area (Å²) >= 11 is 1.88. The molecule has 7 nitrogen and oxygen atoms in total. The first kappa shape index (κ1) is 28.4. The highest BCUT2D eigenvalue weighted by Crippen LogP contribution is 2.26. The number of imidazole rings is 1. The summed E-state index contributed by atoms with van der Waals surface area (Å²) in [5.74, 6) is -0.0584. The Hall–Kier alpha value is -4.71. The molecule has 43 heavy (non-hydrogen) atoms. The van der Waals surface area contributed by atoms with Crippen molar-refractivity contribution in [2.45, 2.75) is 26.6 Å². The molecule has 6 rings (SSSR count). The van der Waals surface area contributed by atoms with Crippen LogP contribution in [0.3, 0.4) is 0 Å². The summed E-state index contributed by atoms with van der Waals surface area (Å²) in [7, 11) is 0. The molecule has 0 N–H and O–H groups in total. The van der Waals surface area contributed by atoms with Crippen LogP contribution in [-0.2, 0) is 19.6 Å². The van der Waals surface area contributed by atoms with Crippen LogP contribution < -0.4 is 9.80 Å². The number of aromatic nitrogens is 2. The molecule has 0 atom stereocenters. The number of hydrogen-bond acceptors (Lipinski definition) is 6. The molecular formula is C35H34N6OS. The van der Waals surface area contributed by atoms with Crippen LogP contribution in [0.4, 0.5) is 11.4 Å². The Balaban J connectivity index is 1.18. The number of anilines is 2.